The highest BCUT2D eigenvalue weighted by Crippen LogP contribution is 2.23. The Morgan fingerprint density at radius 1 is 1.06 bits per heavy atom. The van der Waals surface area contributed by atoms with Gasteiger partial charge in [0, 0.05) is 22.6 Å². The molecular weight excluding hydrogens is 288 g/mol. The van der Waals surface area contributed by atoms with E-state index >= 15 is 0 Å². The van der Waals surface area contributed by atoms with E-state index in [2.05, 4.69) is 57.0 Å². The van der Waals surface area contributed by atoms with Crippen LogP contribution in [0.5, 0.6) is 0 Å². The summed E-state index contributed by atoms with van der Waals surface area (Å²) in [7, 11) is 0. The minimum absolute atomic E-state index is 0.826. The highest BCUT2D eigenvalue weighted by molar-refractivity contribution is 9.10. The zero-order valence-electron chi connectivity index (χ0n) is 9.81. The van der Waals surface area contributed by atoms with Gasteiger partial charge in [0.2, 0.25) is 0 Å². The van der Waals surface area contributed by atoms with Gasteiger partial charge in [-0.05, 0) is 29.8 Å². The number of benzene rings is 2. The summed E-state index contributed by atoms with van der Waals surface area (Å²) >= 11 is 3.50. The van der Waals surface area contributed by atoms with Gasteiger partial charge in [0.25, 0.3) is 0 Å². The highest BCUT2D eigenvalue weighted by atomic mass is 79.9. The maximum Gasteiger partial charge on any atom is 0.0716 e. The molecule has 2 aromatic carbocycles. The molecule has 0 saturated carbocycles. The molecule has 0 aliphatic carbocycles. The van der Waals surface area contributed by atoms with Gasteiger partial charge in [0.15, 0.2) is 0 Å². The Labute approximate surface area is 114 Å². The van der Waals surface area contributed by atoms with Crippen molar-refractivity contribution in [1.82, 2.24) is 4.57 Å². The predicted molar refractivity (Wildman–Crippen MR) is 79.6 cm³/mol. The van der Waals surface area contributed by atoms with Crippen molar-refractivity contribution in [2.75, 3.05) is 5.73 Å². The molecule has 2 nitrogen and oxygen atoms in total. The molecule has 1 heterocycles. The van der Waals surface area contributed by atoms with Crippen LogP contribution in [0.25, 0.3) is 10.9 Å². The molecule has 3 heteroatoms. The Balaban J connectivity index is 2.05. The summed E-state index contributed by atoms with van der Waals surface area (Å²) in [5.41, 5.74) is 9.24. The van der Waals surface area contributed by atoms with Crippen molar-refractivity contribution in [3.63, 3.8) is 0 Å². The lowest BCUT2D eigenvalue weighted by Crippen LogP contribution is -2.00. The molecule has 0 spiro atoms. The van der Waals surface area contributed by atoms with Crippen LogP contribution in [-0.2, 0) is 6.54 Å². The van der Waals surface area contributed by atoms with Crippen LogP contribution in [0, 0.1) is 0 Å². The number of aromatic nitrogens is 1. The first-order valence-electron chi connectivity index (χ1n) is 5.82. The van der Waals surface area contributed by atoms with Gasteiger partial charge in [-0.2, -0.15) is 0 Å². The molecule has 0 aliphatic rings. The summed E-state index contributed by atoms with van der Waals surface area (Å²) in [5.74, 6) is 0. The molecule has 18 heavy (non-hydrogen) atoms. The van der Waals surface area contributed by atoms with Crippen molar-refractivity contribution in [3.05, 3.63) is 64.8 Å². The van der Waals surface area contributed by atoms with Gasteiger partial charge in [-0.25, -0.2) is 0 Å². The molecular formula is C15H13BrN2. The minimum Gasteiger partial charge on any atom is -0.397 e. The smallest absolute Gasteiger partial charge is 0.0716 e. The molecule has 0 fully saturated rings. The highest BCUT2D eigenvalue weighted by Gasteiger charge is 2.04. The van der Waals surface area contributed by atoms with Crippen LogP contribution >= 0.6 is 15.9 Å². The molecule has 0 radical (unpaired) electrons. The zero-order valence-corrected chi connectivity index (χ0v) is 11.4. The molecule has 3 rings (SSSR count). The van der Waals surface area contributed by atoms with E-state index in [1.165, 1.54) is 10.9 Å². The van der Waals surface area contributed by atoms with Crippen LogP contribution in [0.15, 0.2) is 59.2 Å². The summed E-state index contributed by atoms with van der Waals surface area (Å²) in [6.07, 6.45) is 2.09. The van der Waals surface area contributed by atoms with Crippen molar-refractivity contribution in [2.45, 2.75) is 6.54 Å². The van der Waals surface area contributed by atoms with Crippen LogP contribution < -0.4 is 5.73 Å². The molecule has 0 saturated heterocycles. The van der Waals surface area contributed by atoms with Crippen LogP contribution in [0.4, 0.5) is 5.69 Å². The first-order valence-corrected chi connectivity index (χ1v) is 6.61. The fraction of sp³-hybridized carbons (Fsp3) is 0.0667. The summed E-state index contributed by atoms with van der Waals surface area (Å²) in [5, 5.41) is 1.19. The number of halogens is 1. The van der Waals surface area contributed by atoms with Crippen molar-refractivity contribution >= 4 is 32.5 Å². The van der Waals surface area contributed by atoms with E-state index in [1.54, 1.807) is 0 Å². The Morgan fingerprint density at radius 3 is 2.72 bits per heavy atom. The number of nitrogen functional groups attached to an aromatic ring is 1. The Bertz CT molecular complexity index is 701. The number of para-hydroxylation sites is 1. The number of nitrogens with two attached hydrogens (primary N) is 1. The SMILES string of the molecule is Nc1cccc2ccn(Cc3cccc(Br)c3)c12. The van der Waals surface area contributed by atoms with E-state index in [0.29, 0.717) is 0 Å². The van der Waals surface area contributed by atoms with E-state index in [0.717, 1.165) is 22.2 Å². The van der Waals surface area contributed by atoms with Crippen molar-refractivity contribution < 1.29 is 0 Å². The Kier molecular flexibility index (Phi) is 2.84. The van der Waals surface area contributed by atoms with Crippen LogP contribution in [0.2, 0.25) is 0 Å². The van der Waals surface area contributed by atoms with Crippen molar-refractivity contribution in [2.24, 2.45) is 0 Å². The van der Waals surface area contributed by atoms with E-state index in [9.17, 15) is 0 Å². The Hall–Kier alpha value is -1.74. The van der Waals surface area contributed by atoms with Gasteiger partial charge < -0.3 is 10.3 Å². The summed E-state index contributed by atoms with van der Waals surface area (Å²) in [6, 6.07) is 16.5. The second-order valence-electron chi connectivity index (χ2n) is 4.36. The fourth-order valence-electron chi connectivity index (χ4n) is 2.25. The lowest BCUT2D eigenvalue weighted by molar-refractivity contribution is 0.837. The standard InChI is InChI=1S/C15H13BrN2/c16-13-5-1-3-11(9-13)10-18-8-7-12-4-2-6-14(17)15(12)18/h1-9H,10,17H2. The minimum atomic E-state index is 0.826. The summed E-state index contributed by atoms with van der Waals surface area (Å²) in [4.78, 5) is 0. The average molecular weight is 301 g/mol. The third-order valence-electron chi connectivity index (χ3n) is 3.06. The quantitative estimate of drug-likeness (QED) is 0.712. The van der Waals surface area contributed by atoms with Crippen LogP contribution in [0.1, 0.15) is 5.56 Å². The predicted octanol–water partition coefficient (Wildman–Crippen LogP) is 4.03. The summed E-state index contributed by atoms with van der Waals surface area (Å²) in [6.45, 7) is 0.831. The van der Waals surface area contributed by atoms with Gasteiger partial charge >= 0.3 is 0 Å². The van der Waals surface area contributed by atoms with E-state index in [4.69, 9.17) is 5.73 Å². The molecule has 0 unspecified atom stereocenters. The summed E-state index contributed by atoms with van der Waals surface area (Å²) < 4.78 is 3.29. The van der Waals surface area contributed by atoms with E-state index < -0.39 is 0 Å². The van der Waals surface area contributed by atoms with Gasteiger partial charge in [-0.3, -0.25) is 0 Å². The molecule has 3 aromatic rings. The van der Waals surface area contributed by atoms with E-state index in [-0.39, 0.29) is 0 Å². The van der Waals surface area contributed by atoms with E-state index in [1.807, 2.05) is 18.2 Å². The molecule has 2 N–H and O–H groups in total. The first-order chi connectivity index (χ1) is 8.74. The zero-order chi connectivity index (χ0) is 12.5. The maximum absolute atomic E-state index is 6.05. The molecule has 0 aliphatic heterocycles. The Morgan fingerprint density at radius 2 is 1.89 bits per heavy atom. The molecule has 0 bridgehead atoms. The van der Waals surface area contributed by atoms with Gasteiger partial charge in [0.05, 0.1) is 11.2 Å². The third-order valence-corrected chi connectivity index (χ3v) is 3.55. The average Bonchev–Trinajstić information content (AvgIpc) is 2.74. The topological polar surface area (TPSA) is 30.9 Å². The molecule has 1 aromatic heterocycles. The number of nitrogens with zero attached hydrogens (tertiary/aromatic N) is 1. The largest absolute Gasteiger partial charge is 0.397 e. The van der Waals surface area contributed by atoms with Crippen molar-refractivity contribution in [3.8, 4) is 0 Å². The number of fused-ring (bicyclic) bond motifs is 1. The van der Waals surface area contributed by atoms with Crippen LogP contribution in [-0.4, -0.2) is 4.57 Å². The second kappa shape index (κ2) is 4.50. The van der Waals surface area contributed by atoms with Gasteiger partial charge in [-0.15, -0.1) is 0 Å². The lowest BCUT2D eigenvalue weighted by atomic mass is 10.2. The third kappa shape index (κ3) is 2.02. The normalized spacial score (nSPS) is 10.9. The van der Waals surface area contributed by atoms with Gasteiger partial charge in [-0.1, -0.05) is 40.2 Å². The second-order valence-corrected chi connectivity index (χ2v) is 5.27. The molecule has 0 atom stereocenters. The fourth-order valence-corrected chi connectivity index (χ4v) is 2.70. The van der Waals surface area contributed by atoms with Crippen LogP contribution in [0.3, 0.4) is 0 Å². The van der Waals surface area contributed by atoms with Crippen molar-refractivity contribution in [1.29, 1.82) is 0 Å². The lowest BCUT2D eigenvalue weighted by Gasteiger charge is -2.08. The number of hydrogen-bond donors (Lipinski definition) is 1. The number of rotatable bonds is 2. The molecule has 90 valence electrons. The number of hydrogen-bond acceptors (Lipinski definition) is 1. The number of anilines is 1. The maximum atomic E-state index is 6.05. The molecule has 0 amide bonds. The van der Waals surface area contributed by atoms with Gasteiger partial charge in [0.1, 0.15) is 0 Å². The monoisotopic (exact) mass is 300 g/mol. The first kappa shape index (κ1) is 11.4.